The van der Waals surface area contributed by atoms with Gasteiger partial charge in [0.25, 0.3) is 0 Å². The minimum atomic E-state index is 0.948. The van der Waals surface area contributed by atoms with Gasteiger partial charge in [0.05, 0.1) is 5.69 Å². The first-order valence-corrected chi connectivity index (χ1v) is 7.44. The number of rotatable bonds is 9. The molecular weight excluding hydrogens is 222 g/mol. The molecule has 0 bridgehead atoms. The van der Waals surface area contributed by atoms with Gasteiger partial charge < -0.3 is 5.32 Å². The third-order valence-electron chi connectivity index (χ3n) is 3.56. The second kappa shape index (κ2) is 8.30. The second-order valence-corrected chi connectivity index (χ2v) is 5.07. The van der Waals surface area contributed by atoms with E-state index in [9.17, 15) is 0 Å². The molecule has 104 valence electrons. The van der Waals surface area contributed by atoms with Crippen molar-refractivity contribution in [3.63, 3.8) is 0 Å². The van der Waals surface area contributed by atoms with E-state index in [1.807, 2.05) is 0 Å². The lowest BCUT2D eigenvalue weighted by molar-refractivity contribution is 0.522. The highest BCUT2D eigenvalue weighted by atomic mass is 15.3. The van der Waals surface area contributed by atoms with E-state index in [0.717, 1.165) is 19.6 Å². The first-order valence-electron chi connectivity index (χ1n) is 7.44. The molecule has 0 aliphatic carbocycles. The smallest absolute Gasteiger partial charge is 0.0641 e. The van der Waals surface area contributed by atoms with Crippen LogP contribution in [0.15, 0.2) is 0 Å². The van der Waals surface area contributed by atoms with E-state index in [1.54, 1.807) is 0 Å². The van der Waals surface area contributed by atoms with E-state index in [1.165, 1.54) is 49.1 Å². The maximum Gasteiger partial charge on any atom is 0.0641 e. The topological polar surface area (TPSA) is 29.9 Å². The third-order valence-corrected chi connectivity index (χ3v) is 3.56. The summed E-state index contributed by atoms with van der Waals surface area (Å²) < 4.78 is 2.19. The molecule has 0 atom stereocenters. The van der Waals surface area contributed by atoms with Gasteiger partial charge in [0.15, 0.2) is 0 Å². The van der Waals surface area contributed by atoms with E-state index in [2.05, 4.69) is 42.8 Å². The van der Waals surface area contributed by atoms with Crippen molar-refractivity contribution in [1.29, 1.82) is 0 Å². The Labute approximate surface area is 112 Å². The first kappa shape index (κ1) is 15.2. The Morgan fingerprint density at radius 2 is 1.78 bits per heavy atom. The number of unbranched alkanes of at least 4 members (excludes halogenated alkanes) is 4. The Hall–Kier alpha value is -0.830. The largest absolute Gasteiger partial charge is 0.313 e. The Bertz CT molecular complexity index is 342. The zero-order valence-electron chi connectivity index (χ0n) is 12.6. The molecule has 1 heterocycles. The lowest BCUT2D eigenvalue weighted by atomic mass is 10.1. The van der Waals surface area contributed by atoms with Crippen LogP contribution in [0.2, 0.25) is 0 Å². The summed E-state index contributed by atoms with van der Waals surface area (Å²) in [6, 6.07) is 0. The third kappa shape index (κ3) is 4.45. The molecule has 0 unspecified atom stereocenters. The number of aromatic nitrogens is 2. The molecule has 3 heteroatoms. The standard InChI is InChI=1S/C15H29N3/c1-5-7-8-9-10-11-18-14(4)15(12-16-6-2)13(3)17-18/h16H,5-12H2,1-4H3. The van der Waals surface area contributed by atoms with E-state index in [4.69, 9.17) is 0 Å². The van der Waals surface area contributed by atoms with Crippen molar-refractivity contribution >= 4 is 0 Å². The Kier molecular flexibility index (Phi) is 7.02. The van der Waals surface area contributed by atoms with Gasteiger partial charge in [-0.3, -0.25) is 4.68 Å². The molecule has 1 N–H and O–H groups in total. The predicted octanol–water partition coefficient (Wildman–Crippen LogP) is 3.58. The van der Waals surface area contributed by atoms with Crippen LogP contribution in [0.3, 0.4) is 0 Å². The predicted molar refractivity (Wildman–Crippen MR) is 77.8 cm³/mol. The highest BCUT2D eigenvalue weighted by Gasteiger charge is 2.10. The summed E-state index contributed by atoms with van der Waals surface area (Å²) in [6.07, 6.45) is 6.62. The van der Waals surface area contributed by atoms with Crippen LogP contribution in [0.4, 0.5) is 0 Å². The number of hydrogen-bond acceptors (Lipinski definition) is 2. The maximum absolute atomic E-state index is 4.66. The molecule has 0 aliphatic rings. The molecule has 1 aromatic heterocycles. The SMILES string of the molecule is CCCCCCCn1nc(C)c(CNCC)c1C. The lowest BCUT2D eigenvalue weighted by Gasteiger charge is -2.06. The molecule has 3 nitrogen and oxygen atoms in total. The van der Waals surface area contributed by atoms with Crippen molar-refractivity contribution in [2.24, 2.45) is 0 Å². The molecule has 18 heavy (non-hydrogen) atoms. The van der Waals surface area contributed by atoms with Gasteiger partial charge in [0.2, 0.25) is 0 Å². The number of aryl methyl sites for hydroxylation is 2. The average molecular weight is 251 g/mol. The van der Waals surface area contributed by atoms with E-state index in [-0.39, 0.29) is 0 Å². The van der Waals surface area contributed by atoms with Gasteiger partial charge in [-0.25, -0.2) is 0 Å². The summed E-state index contributed by atoms with van der Waals surface area (Å²) in [5, 5.41) is 8.05. The number of nitrogens with zero attached hydrogens (tertiary/aromatic N) is 2. The second-order valence-electron chi connectivity index (χ2n) is 5.07. The van der Waals surface area contributed by atoms with E-state index < -0.39 is 0 Å². The van der Waals surface area contributed by atoms with Crippen molar-refractivity contribution in [1.82, 2.24) is 15.1 Å². The molecular formula is C15H29N3. The molecule has 0 amide bonds. The Balaban J connectivity index is 2.46. The average Bonchev–Trinajstić information content (AvgIpc) is 2.62. The van der Waals surface area contributed by atoms with E-state index in [0.29, 0.717) is 0 Å². The molecule has 0 saturated heterocycles. The van der Waals surface area contributed by atoms with Crippen LogP contribution in [0.5, 0.6) is 0 Å². The highest BCUT2D eigenvalue weighted by molar-refractivity contribution is 5.24. The lowest BCUT2D eigenvalue weighted by Crippen LogP contribution is -2.13. The maximum atomic E-state index is 4.66. The number of hydrogen-bond donors (Lipinski definition) is 1. The fraction of sp³-hybridized carbons (Fsp3) is 0.800. The molecule has 0 fully saturated rings. The summed E-state index contributed by atoms with van der Waals surface area (Å²) in [4.78, 5) is 0. The van der Waals surface area contributed by atoms with Crippen LogP contribution in [0.25, 0.3) is 0 Å². The molecule has 1 aromatic rings. The van der Waals surface area contributed by atoms with Crippen molar-refractivity contribution in [3.8, 4) is 0 Å². The van der Waals surface area contributed by atoms with Gasteiger partial charge in [-0.05, 0) is 26.8 Å². The fourth-order valence-electron chi connectivity index (χ4n) is 2.32. The molecule has 0 saturated carbocycles. The summed E-state index contributed by atoms with van der Waals surface area (Å²) >= 11 is 0. The highest BCUT2D eigenvalue weighted by Crippen LogP contribution is 2.14. The quantitative estimate of drug-likeness (QED) is 0.680. The zero-order valence-corrected chi connectivity index (χ0v) is 12.6. The Morgan fingerprint density at radius 1 is 1.06 bits per heavy atom. The van der Waals surface area contributed by atoms with Gasteiger partial charge in [0.1, 0.15) is 0 Å². The van der Waals surface area contributed by atoms with Gasteiger partial charge in [-0.2, -0.15) is 5.10 Å². The normalized spacial score (nSPS) is 11.1. The van der Waals surface area contributed by atoms with Gasteiger partial charge >= 0.3 is 0 Å². The van der Waals surface area contributed by atoms with Crippen LogP contribution in [0.1, 0.15) is 62.9 Å². The molecule has 0 aromatic carbocycles. The first-order chi connectivity index (χ1) is 8.70. The monoisotopic (exact) mass is 251 g/mol. The summed E-state index contributed by atoms with van der Waals surface area (Å²) in [5.41, 5.74) is 3.90. The number of nitrogens with one attached hydrogen (secondary N) is 1. The van der Waals surface area contributed by atoms with Gasteiger partial charge in [-0.1, -0.05) is 39.5 Å². The van der Waals surface area contributed by atoms with Crippen LogP contribution in [-0.2, 0) is 13.1 Å². The van der Waals surface area contributed by atoms with E-state index >= 15 is 0 Å². The Morgan fingerprint density at radius 3 is 2.44 bits per heavy atom. The van der Waals surface area contributed by atoms with Crippen molar-refractivity contribution in [2.45, 2.75) is 72.9 Å². The van der Waals surface area contributed by atoms with Crippen LogP contribution in [-0.4, -0.2) is 16.3 Å². The van der Waals surface area contributed by atoms with Gasteiger partial charge in [-0.15, -0.1) is 0 Å². The minimum Gasteiger partial charge on any atom is -0.313 e. The molecule has 0 aliphatic heterocycles. The van der Waals surface area contributed by atoms with Crippen molar-refractivity contribution in [2.75, 3.05) is 6.54 Å². The zero-order chi connectivity index (χ0) is 13.4. The minimum absolute atomic E-state index is 0.948. The fourth-order valence-corrected chi connectivity index (χ4v) is 2.32. The summed E-state index contributed by atoms with van der Waals surface area (Å²) in [6.45, 7) is 11.7. The van der Waals surface area contributed by atoms with Crippen molar-refractivity contribution < 1.29 is 0 Å². The van der Waals surface area contributed by atoms with Crippen molar-refractivity contribution in [3.05, 3.63) is 17.0 Å². The van der Waals surface area contributed by atoms with Crippen LogP contribution < -0.4 is 5.32 Å². The molecule has 0 radical (unpaired) electrons. The molecule has 0 spiro atoms. The van der Waals surface area contributed by atoms with Crippen LogP contribution in [0, 0.1) is 13.8 Å². The van der Waals surface area contributed by atoms with Crippen LogP contribution >= 0.6 is 0 Å². The summed E-state index contributed by atoms with van der Waals surface area (Å²) in [5.74, 6) is 0. The molecule has 1 rings (SSSR count). The summed E-state index contributed by atoms with van der Waals surface area (Å²) in [7, 11) is 0. The van der Waals surface area contributed by atoms with Gasteiger partial charge in [0, 0.05) is 24.3 Å².